The van der Waals surface area contributed by atoms with Gasteiger partial charge in [0.2, 0.25) is 0 Å². The van der Waals surface area contributed by atoms with Crippen molar-refractivity contribution in [2.24, 2.45) is 0 Å². The molecular formula is C20H21Cl2OSiZr. The van der Waals surface area contributed by atoms with Crippen molar-refractivity contribution >= 4 is 24.0 Å². The van der Waals surface area contributed by atoms with Gasteiger partial charge < -0.3 is 29.2 Å². The van der Waals surface area contributed by atoms with E-state index in [2.05, 4.69) is 63.3 Å². The smallest absolute Gasteiger partial charge is 1.00 e. The Hall–Kier alpha value is -0.470. The first-order chi connectivity index (χ1) is 10.5. The summed E-state index contributed by atoms with van der Waals surface area (Å²) in [4.78, 5) is 0. The Labute approximate surface area is 182 Å². The number of hydrogen-bond acceptors (Lipinski definition) is 1. The molecule has 5 heteroatoms. The third-order valence-electron chi connectivity index (χ3n) is 5.23. The number of aryl methyl sites for hydroxylation is 1. The van der Waals surface area contributed by atoms with E-state index in [1.54, 1.807) is 10.8 Å². The molecule has 0 amide bonds. The van der Waals surface area contributed by atoms with Crippen LogP contribution in [0, 0.1) is 6.92 Å². The van der Waals surface area contributed by atoms with Gasteiger partial charge >= 0.3 is 26.2 Å². The van der Waals surface area contributed by atoms with Crippen LogP contribution in [-0.2, 0) is 26.2 Å². The van der Waals surface area contributed by atoms with Crippen LogP contribution < -0.4 is 24.8 Å². The third-order valence-corrected chi connectivity index (χ3v) is 9.37. The Morgan fingerprint density at radius 1 is 1.04 bits per heavy atom. The van der Waals surface area contributed by atoms with Crippen LogP contribution in [0.5, 0.6) is 0 Å². The van der Waals surface area contributed by atoms with Crippen molar-refractivity contribution in [3.63, 3.8) is 0 Å². The van der Waals surface area contributed by atoms with Crippen LogP contribution in [0.3, 0.4) is 0 Å². The van der Waals surface area contributed by atoms with Crippen LogP contribution in [0.4, 0.5) is 0 Å². The average Bonchev–Trinajstić information content (AvgIpc) is 3.13. The normalized spacial score (nSPS) is 18.0. The van der Waals surface area contributed by atoms with Crippen LogP contribution in [-0.4, -0.2) is 8.07 Å². The van der Waals surface area contributed by atoms with Crippen molar-refractivity contribution in [1.29, 1.82) is 0 Å². The summed E-state index contributed by atoms with van der Waals surface area (Å²) in [6.07, 6.45) is 3.87. The molecule has 1 unspecified atom stereocenters. The monoisotopic (exact) mass is 465 g/mol. The molecule has 2 bridgehead atoms. The first-order valence-corrected chi connectivity index (χ1v) is 11.0. The van der Waals surface area contributed by atoms with Gasteiger partial charge in [-0.2, -0.15) is 6.07 Å². The molecule has 0 saturated heterocycles. The predicted molar refractivity (Wildman–Crippen MR) is 95.8 cm³/mol. The summed E-state index contributed by atoms with van der Waals surface area (Å²) in [6.45, 7) is 9.32. The Morgan fingerprint density at radius 2 is 1.72 bits per heavy atom. The van der Waals surface area contributed by atoms with E-state index in [0.29, 0.717) is 0 Å². The number of allylic oxidation sites excluding steroid dienone is 1. The Bertz CT molecular complexity index is 874. The van der Waals surface area contributed by atoms with E-state index < -0.39 is 8.07 Å². The molecule has 25 heavy (non-hydrogen) atoms. The van der Waals surface area contributed by atoms with Gasteiger partial charge in [-0.15, -0.1) is 40.6 Å². The molecule has 0 fully saturated rings. The summed E-state index contributed by atoms with van der Waals surface area (Å²) < 4.78 is 5.22. The zero-order valence-corrected chi connectivity index (χ0v) is 19.8. The van der Waals surface area contributed by atoms with E-state index in [1.165, 1.54) is 27.5 Å². The summed E-state index contributed by atoms with van der Waals surface area (Å²) in [5, 5.41) is 4.36. The van der Waals surface area contributed by atoms with Gasteiger partial charge in [-0.25, -0.2) is 0 Å². The quantitative estimate of drug-likeness (QED) is 0.331. The fraction of sp³-hybridized carbons (Fsp3) is 0.250. The molecule has 1 nitrogen and oxygen atoms in total. The van der Waals surface area contributed by atoms with E-state index in [1.807, 2.05) is 12.5 Å². The third kappa shape index (κ3) is 3.41. The van der Waals surface area contributed by atoms with Crippen molar-refractivity contribution in [3.8, 4) is 0 Å². The molecule has 129 valence electrons. The summed E-state index contributed by atoms with van der Waals surface area (Å²) in [6, 6.07) is 12.8. The molecule has 0 spiro atoms. The molecule has 3 aliphatic rings. The summed E-state index contributed by atoms with van der Waals surface area (Å²) >= 11 is 0. The second-order valence-electron chi connectivity index (χ2n) is 7.12. The van der Waals surface area contributed by atoms with Crippen LogP contribution >= 0.6 is 0 Å². The van der Waals surface area contributed by atoms with Gasteiger partial charge in [0.25, 0.3) is 0 Å². The number of fused-ring (bicyclic) bond motifs is 1. The number of furan rings is 1. The van der Waals surface area contributed by atoms with E-state index in [-0.39, 0.29) is 51.0 Å². The minimum absolute atomic E-state index is 0. The van der Waals surface area contributed by atoms with Gasteiger partial charge in [-0.1, -0.05) is 31.7 Å². The topological polar surface area (TPSA) is 13.1 Å². The second kappa shape index (κ2) is 8.05. The van der Waals surface area contributed by atoms with Gasteiger partial charge in [-0.3, -0.25) is 0 Å². The first kappa shape index (κ1) is 22.6. The van der Waals surface area contributed by atoms with Crippen LogP contribution in [0.15, 0.2) is 58.9 Å². The molecule has 1 atom stereocenters. The Balaban J connectivity index is 0.000000226. The van der Waals surface area contributed by atoms with E-state index in [0.717, 1.165) is 5.54 Å². The molecule has 6 rings (SSSR count). The van der Waals surface area contributed by atoms with Gasteiger partial charge in [0, 0.05) is 16.7 Å². The van der Waals surface area contributed by atoms with E-state index in [4.69, 9.17) is 4.42 Å². The Kier molecular flexibility index (Phi) is 7.26. The minimum atomic E-state index is -1.04. The number of benzene rings is 1. The summed E-state index contributed by atoms with van der Waals surface area (Å²) in [5.41, 5.74) is 6.64. The molecule has 0 N–H and O–H groups in total. The number of rotatable bonds is 0. The molecule has 1 radical (unpaired) electrons. The van der Waals surface area contributed by atoms with Gasteiger partial charge in [-0.05, 0) is 12.1 Å². The predicted octanol–water partition coefficient (Wildman–Crippen LogP) is -0.177. The SMILES string of the molecule is CC1=C2c3cocc3C1[Si]2(C)C.Cc1cc2ccccc2[cH-]1.[Cl-].[Cl-].[Zr+3]. The maximum atomic E-state index is 5.22. The van der Waals surface area contributed by atoms with Gasteiger partial charge in [0.1, 0.15) is 0 Å². The summed E-state index contributed by atoms with van der Waals surface area (Å²) in [7, 11) is -1.04. The first-order valence-electron chi connectivity index (χ1n) is 7.90. The minimum Gasteiger partial charge on any atom is -1.00 e. The molecule has 3 heterocycles. The molecule has 1 aliphatic carbocycles. The van der Waals surface area contributed by atoms with Crippen molar-refractivity contribution in [1.82, 2.24) is 0 Å². The largest absolute Gasteiger partial charge is 3.00 e. The molecule has 2 aliphatic heterocycles. The van der Waals surface area contributed by atoms with Crippen LogP contribution in [0.1, 0.15) is 29.2 Å². The van der Waals surface area contributed by atoms with Gasteiger partial charge in [0.15, 0.2) is 0 Å². The van der Waals surface area contributed by atoms with Crippen LogP contribution in [0.2, 0.25) is 13.1 Å². The van der Waals surface area contributed by atoms with Crippen molar-refractivity contribution in [2.45, 2.75) is 32.5 Å². The zero-order valence-electron chi connectivity index (χ0n) is 14.9. The number of hydrogen-bond donors (Lipinski definition) is 0. The molecule has 1 aromatic heterocycles. The van der Waals surface area contributed by atoms with Crippen molar-refractivity contribution < 1.29 is 55.4 Å². The van der Waals surface area contributed by atoms with Crippen LogP contribution in [0.25, 0.3) is 16.0 Å². The maximum absolute atomic E-state index is 5.22. The molecule has 2 aromatic carbocycles. The molecule has 0 saturated carbocycles. The van der Waals surface area contributed by atoms with Crippen molar-refractivity contribution in [3.05, 3.63) is 71.2 Å². The van der Waals surface area contributed by atoms with E-state index in [9.17, 15) is 0 Å². The van der Waals surface area contributed by atoms with Crippen molar-refractivity contribution in [2.75, 3.05) is 0 Å². The fourth-order valence-corrected chi connectivity index (χ4v) is 8.83. The molecule has 3 aromatic rings. The average molecular weight is 468 g/mol. The standard InChI is InChI=1S/C10H12OSi.C10H9.2ClH.Zr/c1-6-9-7-4-11-5-8(7)10(6)12(9,2)3;1-8-6-9-4-2-3-5-10(9)7-8;;;/h4-5,9H,1-3H3;2-7H,1H3;2*1H;/q;-1;;;+3/p-2. The molecular weight excluding hydrogens is 446 g/mol. The zero-order chi connectivity index (χ0) is 15.5. The number of halogens is 2. The fourth-order valence-electron chi connectivity index (χ4n) is 4.48. The Morgan fingerprint density at radius 3 is 2.32 bits per heavy atom. The second-order valence-corrected chi connectivity index (χ2v) is 11.6. The summed E-state index contributed by atoms with van der Waals surface area (Å²) in [5.74, 6) is 0. The maximum Gasteiger partial charge on any atom is 3.00 e. The van der Waals surface area contributed by atoms with E-state index >= 15 is 0 Å². The van der Waals surface area contributed by atoms with Gasteiger partial charge in [0.05, 0.1) is 20.6 Å².